The number of rotatable bonds is 3. The number of nitrogens with one attached hydrogen (secondary N) is 1. The summed E-state index contributed by atoms with van der Waals surface area (Å²) in [6.07, 6.45) is 0.789. The molecule has 0 unspecified atom stereocenters. The quantitative estimate of drug-likeness (QED) is 0.659. The number of amides is 1. The van der Waals surface area contributed by atoms with Crippen molar-refractivity contribution in [1.82, 2.24) is 10.2 Å². The molecular formula is C10H18N2O3. The van der Waals surface area contributed by atoms with Crippen LogP contribution in [0.15, 0.2) is 0 Å². The minimum Gasteiger partial charge on any atom is -0.461 e. The summed E-state index contributed by atoms with van der Waals surface area (Å²) in [5.41, 5.74) is 0. The van der Waals surface area contributed by atoms with Gasteiger partial charge in [0.15, 0.2) is 0 Å². The zero-order valence-corrected chi connectivity index (χ0v) is 9.45. The van der Waals surface area contributed by atoms with Crippen LogP contribution in [0, 0.1) is 0 Å². The van der Waals surface area contributed by atoms with E-state index in [0.717, 1.165) is 0 Å². The van der Waals surface area contributed by atoms with Gasteiger partial charge in [-0.3, -0.25) is 9.59 Å². The number of ether oxygens (including phenoxy) is 1. The molecule has 1 rings (SSSR count). The molecule has 1 aliphatic heterocycles. The van der Waals surface area contributed by atoms with Gasteiger partial charge in [0.05, 0.1) is 6.04 Å². The Morgan fingerprint density at radius 3 is 2.67 bits per heavy atom. The van der Waals surface area contributed by atoms with E-state index in [1.807, 2.05) is 0 Å². The van der Waals surface area contributed by atoms with Crippen molar-refractivity contribution in [3.8, 4) is 0 Å². The van der Waals surface area contributed by atoms with Crippen LogP contribution in [0.5, 0.6) is 0 Å². The van der Waals surface area contributed by atoms with E-state index < -0.39 is 0 Å². The van der Waals surface area contributed by atoms with Crippen molar-refractivity contribution in [2.75, 3.05) is 20.6 Å². The molecule has 0 aliphatic carbocycles. The summed E-state index contributed by atoms with van der Waals surface area (Å²) in [6.45, 7) is 2.32. The van der Waals surface area contributed by atoms with Crippen molar-refractivity contribution in [2.45, 2.75) is 31.9 Å². The lowest BCUT2D eigenvalue weighted by molar-refractivity contribution is -0.148. The van der Waals surface area contributed by atoms with Crippen molar-refractivity contribution in [3.63, 3.8) is 0 Å². The number of likely N-dealkylation sites (N-methyl/N-ethyl adjacent to an activating group) is 1. The molecule has 1 N–H and O–H groups in total. The molecule has 0 radical (unpaired) electrons. The third-order valence-corrected chi connectivity index (χ3v) is 2.42. The van der Waals surface area contributed by atoms with Gasteiger partial charge in [-0.2, -0.15) is 0 Å². The Bertz CT molecular complexity index is 253. The highest BCUT2D eigenvalue weighted by Gasteiger charge is 2.32. The summed E-state index contributed by atoms with van der Waals surface area (Å²) >= 11 is 0. The molecular weight excluding hydrogens is 196 g/mol. The number of esters is 1. The predicted molar refractivity (Wildman–Crippen MR) is 55.3 cm³/mol. The van der Waals surface area contributed by atoms with Crippen LogP contribution in [-0.4, -0.2) is 49.6 Å². The van der Waals surface area contributed by atoms with Crippen molar-refractivity contribution >= 4 is 11.9 Å². The lowest BCUT2D eigenvalue weighted by atomic mass is 10.2. The summed E-state index contributed by atoms with van der Waals surface area (Å²) in [7, 11) is 3.44. The third-order valence-electron chi connectivity index (χ3n) is 2.42. The molecule has 1 amide bonds. The molecule has 0 aromatic rings. The topological polar surface area (TPSA) is 58.6 Å². The van der Waals surface area contributed by atoms with Gasteiger partial charge in [0.25, 0.3) is 0 Å². The fraction of sp³-hybridized carbons (Fsp3) is 0.800. The lowest BCUT2D eigenvalue weighted by Crippen LogP contribution is -2.39. The Labute approximate surface area is 89.8 Å². The van der Waals surface area contributed by atoms with Gasteiger partial charge in [0.2, 0.25) is 5.91 Å². The van der Waals surface area contributed by atoms with Crippen LogP contribution in [0.4, 0.5) is 0 Å². The standard InChI is InChI=1S/C10H18N2O3/c1-4-9(13)15-7-5-8(11-6-7)10(14)12(2)3/h7-8,11H,4-6H2,1-3H3/t7-,8+/m1/s1. The number of carbonyl (C=O) groups is 2. The minimum atomic E-state index is -0.213. The van der Waals surface area contributed by atoms with E-state index in [1.165, 1.54) is 0 Å². The number of nitrogens with zero attached hydrogens (tertiary/aromatic N) is 1. The molecule has 5 nitrogen and oxygen atoms in total. The largest absolute Gasteiger partial charge is 0.461 e. The second-order valence-electron chi connectivity index (χ2n) is 3.89. The molecule has 0 aromatic carbocycles. The average molecular weight is 214 g/mol. The maximum absolute atomic E-state index is 11.6. The first-order chi connectivity index (χ1) is 7.04. The van der Waals surface area contributed by atoms with E-state index >= 15 is 0 Å². The maximum Gasteiger partial charge on any atom is 0.305 e. The van der Waals surface area contributed by atoms with Crippen molar-refractivity contribution in [2.24, 2.45) is 0 Å². The lowest BCUT2D eigenvalue weighted by Gasteiger charge is -2.15. The first kappa shape index (κ1) is 12.0. The summed E-state index contributed by atoms with van der Waals surface area (Å²) in [5.74, 6) is -0.176. The van der Waals surface area contributed by atoms with Gasteiger partial charge in [0, 0.05) is 33.5 Å². The molecule has 86 valence electrons. The highest BCUT2D eigenvalue weighted by atomic mass is 16.5. The van der Waals surface area contributed by atoms with E-state index in [1.54, 1.807) is 25.9 Å². The monoisotopic (exact) mass is 214 g/mol. The molecule has 0 aromatic heterocycles. The van der Waals surface area contributed by atoms with Crippen LogP contribution in [0.3, 0.4) is 0 Å². The number of hydrogen-bond acceptors (Lipinski definition) is 4. The zero-order chi connectivity index (χ0) is 11.4. The molecule has 1 saturated heterocycles. The summed E-state index contributed by atoms with van der Waals surface area (Å²) in [6, 6.07) is -0.213. The van der Waals surface area contributed by atoms with Crippen LogP contribution >= 0.6 is 0 Å². The molecule has 1 fully saturated rings. The van der Waals surface area contributed by atoms with Gasteiger partial charge in [-0.15, -0.1) is 0 Å². The SMILES string of the molecule is CCC(=O)O[C@H]1CN[C@H](C(=O)N(C)C)C1. The summed E-state index contributed by atoms with van der Waals surface area (Å²) in [5, 5.41) is 3.05. The molecule has 0 bridgehead atoms. The highest BCUT2D eigenvalue weighted by Crippen LogP contribution is 2.12. The molecule has 1 heterocycles. The van der Waals surface area contributed by atoms with Gasteiger partial charge in [-0.25, -0.2) is 0 Å². The fourth-order valence-electron chi connectivity index (χ4n) is 1.56. The summed E-state index contributed by atoms with van der Waals surface area (Å²) < 4.78 is 5.15. The Kier molecular flexibility index (Phi) is 4.08. The minimum absolute atomic E-state index is 0.0325. The summed E-state index contributed by atoms with van der Waals surface area (Å²) in [4.78, 5) is 24.1. The molecule has 1 aliphatic rings. The smallest absolute Gasteiger partial charge is 0.305 e. The first-order valence-corrected chi connectivity index (χ1v) is 5.18. The highest BCUT2D eigenvalue weighted by molar-refractivity contribution is 5.81. The van der Waals surface area contributed by atoms with Gasteiger partial charge in [0.1, 0.15) is 6.10 Å². The molecule has 2 atom stereocenters. The van der Waals surface area contributed by atoms with E-state index in [4.69, 9.17) is 4.74 Å². The molecule has 15 heavy (non-hydrogen) atoms. The van der Waals surface area contributed by atoms with Crippen LogP contribution in [0.2, 0.25) is 0 Å². The van der Waals surface area contributed by atoms with Crippen molar-refractivity contribution in [3.05, 3.63) is 0 Å². The van der Waals surface area contributed by atoms with E-state index in [-0.39, 0.29) is 24.0 Å². The van der Waals surface area contributed by atoms with Crippen LogP contribution in [0.1, 0.15) is 19.8 Å². The van der Waals surface area contributed by atoms with Gasteiger partial charge >= 0.3 is 5.97 Å². The van der Waals surface area contributed by atoms with E-state index in [2.05, 4.69) is 5.32 Å². The Balaban J connectivity index is 2.39. The molecule has 0 spiro atoms. The molecule has 5 heteroatoms. The third kappa shape index (κ3) is 3.20. The number of carbonyl (C=O) groups excluding carboxylic acids is 2. The van der Waals surface area contributed by atoms with E-state index in [9.17, 15) is 9.59 Å². The normalized spacial score (nSPS) is 25.0. The zero-order valence-electron chi connectivity index (χ0n) is 9.45. The Morgan fingerprint density at radius 2 is 2.13 bits per heavy atom. The van der Waals surface area contributed by atoms with Gasteiger partial charge in [-0.05, 0) is 0 Å². The Hall–Kier alpha value is -1.10. The maximum atomic E-state index is 11.6. The van der Waals surface area contributed by atoms with Crippen LogP contribution < -0.4 is 5.32 Å². The molecule has 0 saturated carbocycles. The average Bonchev–Trinajstić information content (AvgIpc) is 2.64. The van der Waals surface area contributed by atoms with Crippen molar-refractivity contribution < 1.29 is 14.3 Å². The van der Waals surface area contributed by atoms with Gasteiger partial charge < -0.3 is 15.0 Å². The first-order valence-electron chi connectivity index (χ1n) is 5.18. The second kappa shape index (κ2) is 5.11. The Morgan fingerprint density at radius 1 is 1.47 bits per heavy atom. The number of hydrogen-bond donors (Lipinski definition) is 1. The predicted octanol–water partition coefficient (Wildman–Crippen LogP) is -0.242. The fourth-order valence-corrected chi connectivity index (χ4v) is 1.56. The van der Waals surface area contributed by atoms with Crippen molar-refractivity contribution in [1.29, 1.82) is 0 Å². The van der Waals surface area contributed by atoms with Crippen LogP contribution in [-0.2, 0) is 14.3 Å². The van der Waals surface area contributed by atoms with Crippen LogP contribution in [0.25, 0.3) is 0 Å². The van der Waals surface area contributed by atoms with E-state index in [0.29, 0.717) is 19.4 Å². The van der Waals surface area contributed by atoms with Gasteiger partial charge in [-0.1, -0.05) is 6.92 Å². The second-order valence-corrected chi connectivity index (χ2v) is 3.89.